The Morgan fingerprint density at radius 1 is 1.29 bits per heavy atom. The second kappa shape index (κ2) is 5.99. The molecule has 2 N–H and O–H groups in total. The maximum atomic E-state index is 11.0. The molecule has 0 saturated carbocycles. The third-order valence-electron chi connectivity index (χ3n) is 3.61. The Labute approximate surface area is 125 Å². The molecule has 0 atom stereocenters. The van der Waals surface area contributed by atoms with Crippen LogP contribution in [0.15, 0.2) is 12.1 Å². The first-order valence-corrected chi connectivity index (χ1v) is 7.17. The van der Waals surface area contributed by atoms with Crippen molar-refractivity contribution >= 4 is 11.8 Å². The molecule has 0 bridgehead atoms. The van der Waals surface area contributed by atoms with Gasteiger partial charge in [-0.1, -0.05) is 0 Å². The SMILES string of the molecule is Cc1nc(N2CCN(CC(C)(C)O)CC2)ccc1C(=O)O. The molecule has 0 spiro atoms. The van der Waals surface area contributed by atoms with E-state index in [9.17, 15) is 9.90 Å². The van der Waals surface area contributed by atoms with Crippen molar-refractivity contribution in [2.45, 2.75) is 26.4 Å². The fraction of sp³-hybridized carbons (Fsp3) is 0.600. The Morgan fingerprint density at radius 2 is 1.90 bits per heavy atom. The van der Waals surface area contributed by atoms with Gasteiger partial charge in [0.15, 0.2) is 0 Å². The normalized spacial score (nSPS) is 17.0. The van der Waals surface area contributed by atoms with Crippen LogP contribution in [0.4, 0.5) is 5.82 Å². The highest BCUT2D eigenvalue weighted by Crippen LogP contribution is 2.17. The van der Waals surface area contributed by atoms with Gasteiger partial charge in [0.25, 0.3) is 0 Å². The first-order chi connectivity index (χ1) is 9.76. The van der Waals surface area contributed by atoms with Crippen molar-refractivity contribution in [3.63, 3.8) is 0 Å². The molecule has 21 heavy (non-hydrogen) atoms. The molecule has 0 unspecified atom stereocenters. The van der Waals surface area contributed by atoms with Crippen LogP contribution in [0, 0.1) is 6.92 Å². The molecule has 116 valence electrons. The number of pyridine rings is 1. The van der Waals surface area contributed by atoms with Gasteiger partial charge in [0.2, 0.25) is 0 Å². The van der Waals surface area contributed by atoms with Crippen LogP contribution < -0.4 is 4.90 Å². The van der Waals surface area contributed by atoms with Crippen LogP contribution in [-0.4, -0.2) is 64.4 Å². The van der Waals surface area contributed by atoms with Crippen LogP contribution in [0.2, 0.25) is 0 Å². The lowest BCUT2D eigenvalue weighted by molar-refractivity contribution is 0.0344. The Kier molecular flexibility index (Phi) is 4.49. The molecule has 2 rings (SSSR count). The lowest BCUT2D eigenvalue weighted by atomic mass is 10.1. The maximum absolute atomic E-state index is 11.0. The summed E-state index contributed by atoms with van der Waals surface area (Å²) in [5.41, 5.74) is 0.110. The van der Waals surface area contributed by atoms with E-state index in [1.165, 1.54) is 0 Å². The summed E-state index contributed by atoms with van der Waals surface area (Å²) < 4.78 is 0. The highest BCUT2D eigenvalue weighted by Gasteiger charge is 2.23. The van der Waals surface area contributed by atoms with E-state index in [4.69, 9.17) is 5.11 Å². The first-order valence-electron chi connectivity index (χ1n) is 7.17. The van der Waals surface area contributed by atoms with Crippen LogP contribution >= 0.6 is 0 Å². The minimum absolute atomic E-state index is 0.249. The zero-order valence-corrected chi connectivity index (χ0v) is 12.8. The lowest BCUT2D eigenvalue weighted by Gasteiger charge is -2.37. The molecule has 6 nitrogen and oxygen atoms in total. The van der Waals surface area contributed by atoms with E-state index in [0.29, 0.717) is 12.2 Å². The predicted molar refractivity (Wildman–Crippen MR) is 80.9 cm³/mol. The zero-order chi connectivity index (χ0) is 15.6. The maximum Gasteiger partial charge on any atom is 0.337 e. The molecular formula is C15H23N3O3. The molecule has 2 heterocycles. The van der Waals surface area contributed by atoms with Gasteiger partial charge >= 0.3 is 5.97 Å². The van der Waals surface area contributed by atoms with Gasteiger partial charge in [-0.15, -0.1) is 0 Å². The Hall–Kier alpha value is -1.66. The van der Waals surface area contributed by atoms with Gasteiger partial charge in [-0.05, 0) is 32.9 Å². The number of piperazine rings is 1. The van der Waals surface area contributed by atoms with Gasteiger partial charge in [0.1, 0.15) is 5.82 Å². The Morgan fingerprint density at radius 3 is 2.38 bits per heavy atom. The standard InChI is InChI=1S/C15H23N3O3/c1-11-12(14(19)20)4-5-13(16-11)18-8-6-17(7-9-18)10-15(2,3)21/h4-5,21H,6-10H2,1-3H3,(H,19,20). The van der Waals surface area contributed by atoms with Crippen molar-refractivity contribution in [3.05, 3.63) is 23.4 Å². The molecule has 6 heteroatoms. The van der Waals surface area contributed by atoms with E-state index in [2.05, 4.69) is 14.8 Å². The van der Waals surface area contributed by atoms with Crippen molar-refractivity contribution in [1.29, 1.82) is 0 Å². The molecular weight excluding hydrogens is 270 g/mol. The third-order valence-corrected chi connectivity index (χ3v) is 3.61. The van der Waals surface area contributed by atoms with Crippen LogP contribution in [0.25, 0.3) is 0 Å². The zero-order valence-electron chi connectivity index (χ0n) is 12.8. The third kappa shape index (κ3) is 4.15. The summed E-state index contributed by atoms with van der Waals surface area (Å²) in [7, 11) is 0. The van der Waals surface area contributed by atoms with E-state index in [1.807, 2.05) is 13.8 Å². The summed E-state index contributed by atoms with van der Waals surface area (Å²) >= 11 is 0. The van der Waals surface area contributed by atoms with Crippen LogP contribution in [-0.2, 0) is 0 Å². The predicted octanol–water partition coefficient (Wildman–Crippen LogP) is 0.981. The fourth-order valence-electron chi connectivity index (χ4n) is 2.63. The van der Waals surface area contributed by atoms with Gasteiger partial charge < -0.3 is 15.1 Å². The van der Waals surface area contributed by atoms with E-state index < -0.39 is 11.6 Å². The van der Waals surface area contributed by atoms with Crippen molar-refractivity contribution in [1.82, 2.24) is 9.88 Å². The molecule has 1 saturated heterocycles. The van der Waals surface area contributed by atoms with E-state index >= 15 is 0 Å². The van der Waals surface area contributed by atoms with Gasteiger partial charge in [0.05, 0.1) is 16.9 Å². The van der Waals surface area contributed by atoms with Crippen molar-refractivity contribution in [2.24, 2.45) is 0 Å². The molecule has 1 fully saturated rings. The average Bonchev–Trinajstić information content (AvgIpc) is 2.37. The van der Waals surface area contributed by atoms with E-state index in [0.717, 1.165) is 32.0 Å². The number of rotatable bonds is 4. The number of carboxylic acid groups (broad SMARTS) is 1. The molecule has 0 aromatic carbocycles. The number of aryl methyl sites for hydroxylation is 1. The van der Waals surface area contributed by atoms with Crippen LogP contribution in [0.1, 0.15) is 29.9 Å². The molecule has 0 aliphatic carbocycles. The highest BCUT2D eigenvalue weighted by molar-refractivity contribution is 5.89. The number of nitrogens with zero attached hydrogens (tertiary/aromatic N) is 3. The average molecular weight is 293 g/mol. The number of anilines is 1. The first kappa shape index (κ1) is 15.7. The molecule has 0 amide bonds. The highest BCUT2D eigenvalue weighted by atomic mass is 16.4. The van der Waals surface area contributed by atoms with E-state index in [1.54, 1.807) is 19.1 Å². The Balaban J connectivity index is 1.99. The summed E-state index contributed by atoms with van der Waals surface area (Å²) in [4.78, 5) is 19.8. The number of aromatic nitrogens is 1. The minimum Gasteiger partial charge on any atom is -0.478 e. The van der Waals surface area contributed by atoms with Gasteiger partial charge in [-0.2, -0.15) is 0 Å². The second-order valence-electron chi connectivity index (χ2n) is 6.18. The minimum atomic E-state index is -0.943. The number of hydrogen-bond donors (Lipinski definition) is 2. The van der Waals surface area contributed by atoms with Crippen LogP contribution in [0.5, 0.6) is 0 Å². The number of aromatic carboxylic acids is 1. The summed E-state index contributed by atoms with van der Waals surface area (Å²) in [5, 5.41) is 18.9. The largest absolute Gasteiger partial charge is 0.478 e. The molecule has 1 aromatic heterocycles. The summed E-state index contributed by atoms with van der Waals surface area (Å²) in [5.74, 6) is -0.123. The van der Waals surface area contributed by atoms with Gasteiger partial charge in [-0.3, -0.25) is 4.90 Å². The number of aliphatic hydroxyl groups is 1. The van der Waals surface area contributed by atoms with Crippen molar-refractivity contribution in [3.8, 4) is 0 Å². The lowest BCUT2D eigenvalue weighted by Crippen LogP contribution is -2.50. The topological polar surface area (TPSA) is 76.9 Å². The molecule has 1 aliphatic heterocycles. The Bertz CT molecular complexity index is 517. The van der Waals surface area contributed by atoms with Crippen molar-refractivity contribution < 1.29 is 15.0 Å². The molecule has 0 radical (unpaired) electrons. The smallest absolute Gasteiger partial charge is 0.337 e. The monoisotopic (exact) mass is 293 g/mol. The van der Waals surface area contributed by atoms with Crippen molar-refractivity contribution in [2.75, 3.05) is 37.6 Å². The van der Waals surface area contributed by atoms with Gasteiger partial charge in [-0.25, -0.2) is 9.78 Å². The quantitative estimate of drug-likeness (QED) is 0.862. The fourth-order valence-corrected chi connectivity index (χ4v) is 2.63. The molecule has 1 aromatic rings. The number of carboxylic acids is 1. The number of carbonyl (C=O) groups is 1. The van der Waals surface area contributed by atoms with Gasteiger partial charge in [0, 0.05) is 32.7 Å². The second-order valence-corrected chi connectivity index (χ2v) is 6.18. The van der Waals surface area contributed by atoms with Crippen LogP contribution in [0.3, 0.4) is 0 Å². The number of β-amino-alcohol motifs (C(OH)–C–C–N with tert-alkyl or cyclic N) is 1. The number of hydrogen-bond acceptors (Lipinski definition) is 5. The molecule has 1 aliphatic rings. The van der Waals surface area contributed by atoms with E-state index in [-0.39, 0.29) is 5.56 Å². The summed E-state index contributed by atoms with van der Waals surface area (Å²) in [6.07, 6.45) is 0. The summed E-state index contributed by atoms with van der Waals surface area (Å²) in [6.45, 7) is 9.40. The summed E-state index contributed by atoms with van der Waals surface area (Å²) in [6, 6.07) is 3.38.